The molecule has 1 N–H and O–H groups in total. The molecule has 1 aromatic heterocycles. The van der Waals surface area contributed by atoms with Crippen molar-refractivity contribution in [3.8, 4) is 10.6 Å². The third-order valence-electron chi connectivity index (χ3n) is 2.20. The molecule has 4 nitrogen and oxygen atoms in total. The minimum Gasteiger partial charge on any atom is -0.476 e. The molecule has 2 aromatic rings. The van der Waals surface area contributed by atoms with E-state index in [1.165, 1.54) is 18.4 Å². The Balaban J connectivity index is 2.44. The molecule has 0 fully saturated rings. The highest BCUT2D eigenvalue weighted by Gasteiger charge is 2.17. The fourth-order valence-corrected chi connectivity index (χ4v) is 2.48. The van der Waals surface area contributed by atoms with E-state index in [2.05, 4.69) is 4.98 Å². The van der Waals surface area contributed by atoms with Gasteiger partial charge < -0.3 is 9.84 Å². The molecule has 0 bridgehead atoms. The number of carbonyl (C=O) groups is 1. The summed E-state index contributed by atoms with van der Waals surface area (Å²) in [5.74, 6) is -1.02. The van der Waals surface area contributed by atoms with Crippen LogP contribution in [0.5, 0.6) is 0 Å². The van der Waals surface area contributed by atoms with Crippen LogP contribution >= 0.6 is 11.3 Å². The van der Waals surface area contributed by atoms with E-state index in [0.29, 0.717) is 9.88 Å². The predicted molar refractivity (Wildman–Crippen MR) is 65.2 cm³/mol. The zero-order valence-corrected chi connectivity index (χ0v) is 10.0. The lowest BCUT2D eigenvalue weighted by atomic mass is 10.2. The lowest BCUT2D eigenvalue weighted by Crippen LogP contribution is -2.01. The van der Waals surface area contributed by atoms with Crippen molar-refractivity contribution in [3.63, 3.8) is 0 Å². The number of ether oxygens (including phenoxy) is 1. The molecule has 0 aliphatic carbocycles. The van der Waals surface area contributed by atoms with Crippen LogP contribution in [-0.2, 0) is 11.3 Å². The number of aromatic carboxylic acids is 1. The van der Waals surface area contributed by atoms with Gasteiger partial charge in [0.25, 0.3) is 0 Å². The van der Waals surface area contributed by atoms with Crippen LogP contribution in [0.3, 0.4) is 0 Å². The van der Waals surface area contributed by atoms with E-state index >= 15 is 0 Å². The number of carboxylic acids is 1. The molecule has 0 aliphatic heterocycles. The first-order valence-electron chi connectivity index (χ1n) is 4.99. The second-order valence-corrected chi connectivity index (χ2v) is 4.48. The van der Waals surface area contributed by atoms with Gasteiger partial charge in [-0.05, 0) is 0 Å². The molecule has 0 atom stereocenters. The highest BCUT2D eigenvalue weighted by Crippen LogP contribution is 2.28. The largest absolute Gasteiger partial charge is 0.476 e. The first kappa shape index (κ1) is 11.8. The monoisotopic (exact) mass is 249 g/mol. The molecule has 2 rings (SSSR count). The molecule has 0 saturated carbocycles. The Morgan fingerprint density at radius 1 is 1.41 bits per heavy atom. The fourth-order valence-electron chi connectivity index (χ4n) is 1.45. The quantitative estimate of drug-likeness (QED) is 0.905. The van der Waals surface area contributed by atoms with Gasteiger partial charge in [-0.25, -0.2) is 9.78 Å². The molecular formula is C12H11NO3S. The summed E-state index contributed by atoms with van der Waals surface area (Å²) in [5, 5.41) is 9.74. The second kappa shape index (κ2) is 5.07. The lowest BCUT2D eigenvalue weighted by Gasteiger charge is -1.94. The molecule has 5 heteroatoms. The molecule has 0 amide bonds. The van der Waals surface area contributed by atoms with Gasteiger partial charge >= 0.3 is 5.97 Å². The zero-order valence-electron chi connectivity index (χ0n) is 9.21. The van der Waals surface area contributed by atoms with Crippen molar-refractivity contribution in [1.82, 2.24) is 4.98 Å². The Labute approximate surface area is 103 Å². The average molecular weight is 249 g/mol. The molecule has 0 saturated heterocycles. The number of benzene rings is 1. The minimum absolute atomic E-state index is 0.0794. The maximum atomic E-state index is 11.0. The summed E-state index contributed by atoms with van der Waals surface area (Å²) in [6, 6.07) is 9.51. The van der Waals surface area contributed by atoms with Crippen LogP contribution in [0.4, 0.5) is 0 Å². The molecule has 0 unspecified atom stereocenters. The van der Waals surface area contributed by atoms with Crippen molar-refractivity contribution in [3.05, 3.63) is 40.9 Å². The van der Waals surface area contributed by atoms with Gasteiger partial charge in [-0.2, -0.15) is 0 Å². The Bertz CT molecular complexity index is 522. The smallest absolute Gasteiger partial charge is 0.355 e. The number of hydrogen-bond acceptors (Lipinski definition) is 4. The molecule has 0 radical (unpaired) electrons. The third-order valence-corrected chi connectivity index (χ3v) is 3.27. The lowest BCUT2D eigenvalue weighted by molar-refractivity contribution is 0.0686. The van der Waals surface area contributed by atoms with Gasteiger partial charge in [0.15, 0.2) is 5.69 Å². The Morgan fingerprint density at radius 3 is 2.71 bits per heavy atom. The van der Waals surface area contributed by atoms with Gasteiger partial charge in [-0.3, -0.25) is 0 Å². The first-order chi connectivity index (χ1) is 8.22. The van der Waals surface area contributed by atoms with Crippen LogP contribution in [0, 0.1) is 0 Å². The number of carboxylic acid groups (broad SMARTS) is 1. The zero-order chi connectivity index (χ0) is 12.3. The first-order valence-corrected chi connectivity index (χ1v) is 5.81. The van der Waals surface area contributed by atoms with Crippen LogP contribution < -0.4 is 0 Å². The number of nitrogens with zero attached hydrogens (tertiary/aromatic N) is 1. The van der Waals surface area contributed by atoms with Crippen molar-refractivity contribution < 1.29 is 14.6 Å². The van der Waals surface area contributed by atoms with E-state index in [1.807, 2.05) is 30.3 Å². The van der Waals surface area contributed by atoms with Crippen LogP contribution in [-0.4, -0.2) is 23.2 Å². The highest BCUT2D eigenvalue weighted by molar-refractivity contribution is 7.15. The van der Waals surface area contributed by atoms with Gasteiger partial charge in [-0.15, -0.1) is 11.3 Å². The van der Waals surface area contributed by atoms with Crippen LogP contribution in [0.15, 0.2) is 30.3 Å². The van der Waals surface area contributed by atoms with Gasteiger partial charge in [-0.1, -0.05) is 30.3 Å². The van der Waals surface area contributed by atoms with Crippen molar-refractivity contribution in [2.24, 2.45) is 0 Å². The van der Waals surface area contributed by atoms with Crippen molar-refractivity contribution in [2.45, 2.75) is 6.61 Å². The SMILES string of the molecule is COCc1sc(-c2ccccc2)nc1C(=O)O. The standard InChI is InChI=1S/C12H11NO3S/c1-16-7-9-10(12(14)15)13-11(17-9)8-5-3-2-4-6-8/h2-6H,7H2,1H3,(H,14,15). The topological polar surface area (TPSA) is 59.4 Å². The van der Waals surface area contributed by atoms with Crippen molar-refractivity contribution in [1.29, 1.82) is 0 Å². The highest BCUT2D eigenvalue weighted by atomic mass is 32.1. The Kier molecular flexibility index (Phi) is 3.51. The Hall–Kier alpha value is -1.72. The van der Waals surface area contributed by atoms with E-state index in [-0.39, 0.29) is 12.3 Å². The maximum absolute atomic E-state index is 11.0. The average Bonchev–Trinajstić information content (AvgIpc) is 2.75. The minimum atomic E-state index is -1.02. The maximum Gasteiger partial charge on any atom is 0.355 e. The summed E-state index contributed by atoms with van der Waals surface area (Å²) in [4.78, 5) is 15.8. The van der Waals surface area contributed by atoms with Crippen molar-refractivity contribution in [2.75, 3.05) is 7.11 Å². The van der Waals surface area contributed by atoms with Crippen LogP contribution in [0.2, 0.25) is 0 Å². The van der Waals surface area contributed by atoms with Gasteiger partial charge in [0.1, 0.15) is 5.01 Å². The molecule has 17 heavy (non-hydrogen) atoms. The van der Waals surface area contributed by atoms with Gasteiger partial charge in [0.05, 0.1) is 11.5 Å². The van der Waals surface area contributed by atoms with Gasteiger partial charge in [0, 0.05) is 12.7 Å². The second-order valence-electron chi connectivity index (χ2n) is 3.39. The Morgan fingerprint density at radius 2 is 2.12 bits per heavy atom. The fraction of sp³-hybridized carbons (Fsp3) is 0.167. The predicted octanol–water partition coefficient (Wildman–Crippen LogP) is 2.65. The summed E-state index contributed by atoms with van der Waals surface area (Å²) in [6.45, 7) is 0.270. The van der Waals surface area contributed by atoms with E-state index in [9.17, 15) is 4.79 Å². The summed E-state index contributed by atoms with van der Waals surface area (Å²) >= 11 is 1.35. The molecule has 88 valence electrons. The summed E-state index contributed by atoms with van der Waals surface area (Å²) in [6.07, 6.45) is 0. The van der Waals surface area contributed by atoms with E-state index in [4.69, 9.17) is 9.84 Å². The molecule has 1 heterocycles. The number of hydrogen-bond donors (Lipinski definition) is 1. The molecule has 0 aliphatic rings. The summed E-state index contributed by atoms with van der Waals surface area (Å²) < 4.78 is 4.97. The van der Waals surface area contributed by atoms with Gasteiger partial charge in [0.2, 0.25) is 0 Å². The number of rotatable bonds is 4. The number of thiazole rings is 1. The summed E-state index contributed by atoms with van der Waals surface area (Å²) in [7, 11) is 1.54. The van der Waals surface area contributed by atoms with Crippen molar-refractivity contribution >= 4 is 17.3 Å². The summed E-state index contributed by atoms with van der Waals surface area (Å²) in [5.41, 5.74) is 0.998. The number of methoxy groups -OCH3 is 1. The normalized spacial score (nSPS) is 10.4. The molecule has 1 aromatic carbocycles. The molecule has 0 spiro atoms. The van der Waals surface area contributed by atoms with E-state index in [1.54, 1.807) is 0 Å². The van der Waals surface area contributed by atoms with Crippen LogP contribution in [0.25, 0.3) is 10.6 Å². The van der Waals surface area contributed by atoms with Crippen LogP contribution in [0.1, 0.15) is 15.4 Å². The van der Waals surface area contributed by atoms with E-state index < -0.39 is 5.97 Å². The molecular weight excluding hydrogens is 238 g/mol. The third kappa shape index (κ3) is 2.51. The number of aromatic nitrogens is 1. The van der Waals surface area contributed by atoms with E-state index in [0.717, 1.165) is 5.56 Å².